The summed E-state index contributed by atoms with van der Waals surface area (Å²) in [5, 5.41) is 7.14. The van der Waals surface area contributed by atoms with Crippen LogP contribution >= 0.6 is 0 Å². The van der Waals surface area contributed by atoms with Crippen LogP contribution in [0.15, 0.2) is 73.1 Å². The molecule has 0 amide bonds. The largest absolute Gasteiger partial charge is 0.256 e. The first-order valence-corrected chi connectivity index (χ1v) is 7.35. The molecule has 0 saturated carbocycles. The molecule has 0 atom stereocenters. The Bertz CT molecular complexity index is 1080. The van der Waals surface area contributed by atoms with E-state index in [1.165, 1.54) is 32.3 Å². The van der Waals surface area contributed by atoms with Gasteiger partial charge in [-0.2, -0.15) is 0 Å². The van der Waals surface area contributed by atoms with Gasteiger partial charge in [0, 0.05) is 33.9 Å². The van der Waals surface area contributed by atoms with Gasteiger partial charge in [0.15, 0.2) is 0 Å². The number of benzene rings is 3. The zero-order valence-electron chi connectivity index (χ0n) is 11.8. The molecule has 2 heteroatoms. The average molecular weight is 280 g/mol. The third-order valence-electron chi connectivity index (χ3n) is 4.29. The number of nitrogens with zero attached hydrogens (tertiary/aromatic N) is 2. The first-order valence-electron chi connectivity index (χ1n) is 7.35. The minimum Gasteiger partial charge on any atom is -0.256 e. The molecule has 3 aromatic carbocycles. The minimum atomic E-state index is 1.05. The molecule has 0 saturated heterocycles. The lowest BCUT2D eigenvalue weighted by Gasteiger charge is -2.07. The van der Waals surface area contributed by atoms with Crippen LogP contribution < -0.4 is 0 Å². The molecule has 2 heterocycles. The fourth-order valence-electron chi connectivity index (χ4n) is 3.23. The summed E-state index contributed by atoms with van der Waals surface area (Å²) in [6, 6.07) is 21.2. The highest BCUT2D eigenvalue weighted by Crippen LogP contribution is 2.31. The maximum absolute atomic E-state index is 4.58. The number of hydrogen-bond acceptors (Lipinski definition) is 2. The molecule has 5 rings (SSSR count). The van der Waals surface area contributed by atoms with Crippen LogP contribution in [0.2, 0.25) is 0 Å². The Labute approximate surface area is 127 Å². The van der Waals surface area contributed by atoms with Gasteiger partial charge < -0.3 is 0 Å². The van der Waals surface area contributed by atoms with Gasteiger partial charge in [0.25, 0.3) is 0 Å². The van der Waals surface area contributed by atoms with Crippen molar-refractivity contribution in [3.63, 3.8) is 0 Å². The summed E-state index contributed by atoms with van der Waals surface area (Å²) in [6.45, 7) is 0. The minimum absolute atomic E-state index is 1.05. The number of fused-ring (bicyclic) bond motifs is 6. The molecule has 0 N–H and O–H groups in total. The molecule has 0 bridgehead atoms. The van der Waals surface area contributed by atoms with Crippen molar-refractivity contribution in [2.45, 2.75) is 0 Å². The van der Waals surface area contributed by atoms with Crippen molar-refractivity contribution < 1.29 is 0 Å². The molecule has 5 aromatic rings. The predicted molar refractivity (Wildman–Crippen MR) is 92.1 cm³/mol. The van der Waals surface area contributed by atoms with Crippen LogP contribution in [0.5, 0.6) is 0 Å². The molecule has 0 aliphatic rings. The second-order valence-corrected chi connectivity index (χ2v) is 5.58. The fourth-order valence-corrected chi connectivity index (χ4v) is 3.23. The van der Waals surface area contributed by atoms with E-state index in [2.05, 4.69) is 58.5 Å². The third-order valence-corrected chi connectivity index (χ3v) is 4.29. The molecular weight excluding hydrogens is 268 g/mol. The summed E-state index contributed by atoms with van der Waals surface area (Å²) in [6.07, 6.45) is 3.71. The average Bonchev–Trinajstić information content (AvgIpc) is 2.60. The topological polar surface area (TPSA) is 25.8 Å². The van der Waals surface area contributed by atoms with Crippen molar-refractivity contribution in [1.29, 1.82) is 0 Å². The Morgan fingerprint density at radius 3 is 1.55 bits per heavy atom. The van der Waals surface area contributed by atoms with Gasteiger partial charge in [0.05, 0.1) is 11.0 Å². The van der Waals surface area contributed by atoms with Crippen molar-refractivity contribution in [2.75, 3.05) is 0 Å². The third kappa shape index (κ3) is 1.55. The molecule has 22 heavy (non-hydrogen) atoms. The highest BCUT2D eigenvalue weighted by Gasteiger charge is 2.06. The van der Waals surface area contributed by atoms with Crippen LogP contribution in [0, 0.1) is 0 Å². The van der Waals surface area contributed by atoms with E-state index in [0.29, 0.717) is 0 Å². The van der Waals surface area contributed by atoms with Gasteiger partial charge in [0.2, 0.25) is 0 Å². The molecule has 0 spiro atoms. The first-order chi connectivity index (χ1) is 10.9. The smallest absolute Gasteiger partial charge is 0.0780 e. The summed E-state index contributed by atoms with van der Waals surface area (Å²) in [4.78, 5) is 9.15. The monoisotopic (exact) mass is 280 g/mol. The lowest BCUT2D eigenvalue weighted by molar-refractivity contribution is 1.42. The SMILES string of the molecule is c1cnc2c(c1)ccc1cc3ccc4cccnc4c3cc12. The molecular formula is C20H12N2. The highest BCUT2D eigenvalue weighted by molar-refractivity contribution is 6.15. The number of aromatic nitrogens is 2. The Morgan fingerprint density at radius 1 is 0.500 bits per heavy atom. The van der Waals surface area contributed by atoms with Crippen LogP contribution in [0.25, 0.3) is 43.4 Å². The Kier molecular flexibility index (Phi) is 2.25. The number of hydrogen-bond donors (Lipinski definition) is 0. The number of rotatable bonds is 0. The van der Waals surface area contributed by atoms with Gasteiger partial charge in [-0.1, -0.05) is 36.4 Å². The Balaban J connectivity index is 2.05. The van der Waals surface area contributed by atoms with Gasteiger partial charge in [-0.05, 0) is 35.0 Å². The van der Waals surface area contributed by atoms with E-state index in [9.17, 15) is 0 Å². The van der Waals surface area contributed by atoms with Gasteiger partial charge in [0.1, 0.15) is 0 Å². The first kappa shape index (κ1) is 11.6. The quantitative estimate of drug-likeness (QED) is 0.292. The van der Waals surface area contributed by atoms with Crippen molar-refractivity contribution in [1.82, 2.24) is 9.97 Å². The summed E-state index contributed by atoms with van der Waals surface area (Å²) in [5.74, 6) is 0. The van der Waals surface area contributed by atoms with Crippen LogP contribution in [0.3, 0.4) is 0 Å². The van der Waals surface area contributed by atoms with Crippen LogP contribution in [-0.4, -0.2) is 9.97 Å². The molecule has 0 aliphatic heterocycles. The lowest BCUT2D eigenvalue weighted by Crippen LogP contribution is -1.85. The van der Waals surface area contributed by atoms with E-state index in [4.69, 9.17) is 0 Å². The van der Waals surface area contributed by atoms with E-state index in [1.54, 1.807) is 0 Å². The summed E-state index contributed by atoms with van der Waals surface area (Å²) < 4.78 is 0. The van der Waals surface area contributed by atoms with Crippen molar-refractivity contribution in [3.05, 3.63) is 73.1 Å². The maximum Gasteiger partial charge on any atom is 0.0780 e. The lowest BCUT2D eigenvalue weighted by atomic mass is 9.99. The van der Waals surface area contributed by atoms with Crippen molar-refractivity contribution in [3.8, 4) is 0 Å². The Hall–Kier alpha value is -3.00. The highest BCUT2D eigenvalue weighted by atomic mass is 14.7. The van der Waals surface area contributed by atoms with Crippen molar-refractivity contribution >= 4 is 43.4 Å². The molecule has 2 aromatic heterocycles. The molecule has 102 valence electrons. The zero-order chi connectivity index (χ0) is 14.5. The molecule has 0 aliphatic carbocycles. The second kappa shape index (κ2) is 4.25. The van der Waals surface area contributed by atoms with Gasteiger partial charge in [-0.25, -0.2) is 0 Å². The van der Waals surface area contributed by atoms with Gasteiger partial charge in [-0.15, -0.1) is 0 Å². The van der Waals surface area contributed by atoms with Crippen LogP contribution in [0.4, 0.5) is 0 Å². The van der Waals surface area contributed by atoms with E-state index in [1.807, 2.05) is 24.5 Å². The van der Waals surface area contributed by atoms with E-state index in [-0.39, 0.29) is 0 Å². The van der Waals surface area contributed by atoms with Gasteiger partial charge in [-0.3, -0.25) is 9.97 Å². The molecule has 2 nitrogen and oxygen atoms in total. The second-order valence-electron chi connectivity index (χ2n) is 5.58. The molecule has 0 radical (unpaired) electrons. The molecule has 0 unspecified atom stereocenters. The fraction of sp³-hybridized carbons (Fsp3) is 0. The summed E-state index contributed by atoms with van der Waals surface area (Å²) in [7, 11) is 0. The summed E-state index contributed by atoms with van der Waals surface area (Å²) >= 11 is 0. The Morgan fingerprint density at radius 2 is 1.00 bits per heavy atom. The van der Waals surface area contributed by atoms with Crippen LogP contribution in [0.1, 0.15) is 0 Å². The normalized spacial score (nSPS) is 11.6. The molecule has 0 fully saturated rings. The summed E-state index contributed by atoms with van der Waals surface area (Å²) in [5.41, 5.74) is 2.10. The predicted octanol–water partition coefficient (Wildman–Crippen LogP) is 5.09. The van der Waals surface area contributed by atoms with E-state index in [0.717, 1.165) is 11.0 Å². The van der Waals surface area contributed by atoms with Crippen LogP contribution in [-0.2, 0) is 0 Å². The maximum atomic E-state index is 4.58. The van der Waals surface area contributed by atoms with E-state index >= 15 is 0 Å². The van der Waals surface area contributed by atoms with E-state index < -0.39 is 0 Å². The number of pyridine rings is 2. The zero-order valence-corrected chi connectivity index (χ0v) is 11.8. The van der Waals surface area contributed by atoms with Crippen molar-refractivity contribution in [2.24, 2.45) is 0 Å². The van der Waals surface area contributed by atoms with Gasteiger partial charge >= 0.3 is 0 Å². The standard InChI is InChI=1S/C20H12N2/c1-3-13-5-7-15-11-16-8-6-14-4-2-10-22-20(14)18(16)12-17(15)19(13)21-9-1/h1-12H.